The van der Waals surface area contributed by atoms with Gasteiger partial charge < -0.3 is 4.42 Å². The third-order valence-corrected chi connectivity index (χ3v) is 3.06. The molecule has 0 saturated carbocycles. The van der Waals surface area contributed by atoms with Crippen molar-refractivity contribution in [2.75, 3.05) is 0 Å². The Morgan fingerprint density at radius 3 is 1.89 bits per heavy atom. The minimum absolute atomic E-state index is 0.639. The quantitative estimate of drug-likeness (QED) is 0.607. The maximum atomic E-state index is 6.24. The standard InChI is InChI=1S/C16H11ClO/c17-14-11-15(12-7-3-1-4-8-12)18-16(14)13-9-5-2-6-10-13/h1-11H. The summed E-state index contributed by atoms with van der Waals surface area (Å²) >= 11 is 6.24. The molecule has 0 atom stereocenters. The van der Waals surface area contributed by atoms with Crippen LogP contribution in [0.3, 0.4) is 0 Å². The van der Waals surface area contributed by atoms with E-state index in [2.05, 4.69) is 0 Å². The summed E-state index contributed by atoms with van der Waals surface area (Å²) in [5.41, 5.74) is 2.02. The van der Waals surface area contributed by atoms with Crippen LogP contribution in [0.4, 0.5) is 0 Å². The van der Waals surface area contributed by atoms with Crippen molar-refractivity contribution in [3.05, 3.63) is 71.8 Å². The Balaban J connectivity index is 2.07. The Bertz CT molecular complexity index is 641. The van der Waals surface area contributed by atoms with Crippen LogP contribution in [0.5, 0.6) is 0 Å². The zero-order chi connectivity index (χ0) is 12.4. The summed E-state index contributed by atoms with van der Waals surface area (Å²) in [6.45, 7) is 0. The highest BCUT2D eigenvalue weighted by molar-refractivity contribution is 6.33. The van der Waals surface area contributed by atoms with E-state index in [1.54, 1.807) is 0 Å². The molecule has 3 aromatic rings. The van der Waals surface area contributed by atoms with E-state index in [4.69, 9.17) is 16.0 Å². The van der Waals surface area contributed by atoms with Crippen molar-refractivity contribution in [1.29, 1.82) is 0 Å². The van der Waals surface area contributed by atoms with Gasteiger partial charge in [0.2, 0.25) is 0 Å². The molecule has 0 radical (unpaired) electrons. The fourth-order valence-corrected chi connectivity index (χ4v) is 2.15. The lowest BCUT2D eigenvalue weighted by atomic mass is 10.1. The van der Waals surface area contributed by atoms with Gasteiger partial charge >= 0.3 is 0 Å². The summed E-state index contributed by atoms with van der Waals surface area (Å²) < 4.78 is 5.85. The van der Waals surface area contributed by atoms with Crippen molar-refractivity contribution < 1.29 is 4.42 Å². The van der Waals surface area contributed by atoms with Crippen LogP contribution in [0.1, 0.15) is 0 Å². The monoisotopic (exact) mass is 254 g/mol. The number of rotatable bonds is 2. The second kappa shape index (κ2) is 4.71. The van der Waals surface area contributed by atoms with Crippen molar-refractivity contribution in [3.63, 3.8) is 0 Å². The molecule has 0 spiro atoms. The summed E-state index contributed by atoms with van der Waals surface area (Å²) in [6, 6.07) is 21.7. The first-order valence-corrected chi connectivity index (χ1v) is 6.12. The smallest absolute Gasteiger partial charge is 0.153 e. The van der Waals surface area contributed by atoms with E-state index in [1.165, 1.54) is 0 Å². The average Bonchev–Trinajstić information content (AvgIpc) is 2.83. The molecular weight excluding hydrogens is 244 g/mol. The molecule has 1 heterocycles. The van der Waals surface area contributed by atoms with Gasteiger partial charge in [-0.05, 0) is 0 Å². The third-order valence-electron chi connectivity index (χ3n) is 2.78. The largest absolute Gasteiger partial charge is 0.454 e. The zero-order valence-electron chi connectivity index (χ0n) is 9.64. The summed E-state index contributed by atoms with van der Waals surface area (Å²) in [7, 11) is 0. The summed E-state index contributed by atoms with van der Waals surface area (Å²) in [5, 5.41) is 0.639. The van der Waals surface area contributed by atoms with Gasteiger partial charge in [-0.15, -0.1) is 0 Å². The number of benzene rings is 2. The van der Waals surface area contributed by atoms with Crippen molar-refractivity contribution in [2.24, 2.45) is 0 Å². The topological polar surface area (TPSA) is 13.1 Å². The van der Waals surface area contributed by atoms with E-state index < -0.39 is 0 Å². The highest BCUT2D eigenvalue weighted by Gasteiger charge is 2.12. The first-order chi connectivity index (χ1) is 8.84. The maximum absolute atomic E-state index is 6.24. The van der Waals surface area contributed by atoms with Gasteiger partial charge in [0.25, 0.3) is 0 Å². The Hall–Kier alpha value is -1.99. The van der Waals surface area contributed by atoms with Crippen molar-refractivity contribution in [1.82, 2.24) is 0 Å². The van der Waals surface area contributed by atoms with E-state index in [0.717, 1.165) is 22.6 Å². The molecule has 0 bridgehead atoms. The minimum atomic E-state index is 0.639. The summed E-state index contributed by atoms with van der Waals surface area (Å²) in [5.74, 6) is 1.51. The second-order valence-corrected chi connectivity index (χ2v) is 4.43. The molecule has 0 unspecified atom stereocenters. The number of hydrogen-bond acceptors (Lipinski definition) is 1. The molecular formula is C16H11ClO. The Labute approximate surface area is 111 Å². The van der Waals surface area contributed by atoms with Crippen LogP contribution in [-0.2, 0) is 0 Å². The van der Waals surface area contributed by atoms with Gasteiger partial charge in [-0.25, -0.2) is 0 Å². The Morgan fingerprint density at radius 1 is 0.722 bits per heavy atom. The predicted molar refractivity (Wildman–Crippen MR) is 74.6 cm³/mol. The molecule has 0 aliphatic carbocycles. The van der Waals surface area contributed by atoms with Crippen LogP contribution in [0.15, 0.2) is 71.1 Å². The number of hydrogen-bond donors (Lipinski definition) is 0. The van der Waals surface area contributed by atoms with Crippen LogP contribution in [0.25, 0.3) is 22.6 Å². The van der Waals surface area contributed by atoms with Crippen LogP contribution in [0.2, 0.25) is 5.02 Å². The van der Waals surface area contributed by atoms with Crippen LogP contribution in [-0.4, -0.2) is 0 Å². The third kappa shape index (κ3) is 2.05. The molecule has 3 rings (SSSR count). The molecule has 1 aromatic heterocycles. The van der Waals surface area contributed by atoms with Crippen LogP contribution in [0, 0.1) is 0 Å². The predicted octanol–water partition coefficient (Wildman–Crippen LogP) is 5.27. The van der Waals surface area contributed by atoms with Crippen molar-refractivity contribution in [2.45, 2.75) is 0 Å². The van der Waals surface area contributed by atoms with E-state index in [-0.39, 0.29) is 0 Å². The van der Waals surface area contributed by atoms with E-state index in [0.29, 0.717) is 5.02 Å². The summed E-state index contributed by atoms with van der Waals surface area (Å²) in [4.78, 5) is 0. The van der Waals surface area contributed by atoms with Gasteiger partial charge in [-0.1, -0.05) is 72.3 Å². The van der Waals surface area contributed by atoms with Gasteiger partial charge in [0.05, 0.1) is 5.02 Å². The van der Waals surface area contributed by atoms with E-state index in [9.17, 15) is 0 Å². The fourth-order valence-electron chi connectivity index (χ4n) is 1.90. The van der Waals surface area contributed by atoms with Gasteiger partial charge in [-0.2, -0.15) is 0 Å². The average molecular weight is 255 g/mol. The molecule has 0 fully saturated rings. The lowest BCUT2D eigenvalue weighted by Gasteiger charge is -1.98. The van der Waals surface area contributed by atoms with E-state index >= 15 is 0 Å². The molecule has 0 N–H and O–H groups in total. The zero-order valence-corrected chi connectivity index (χ0v) is 10.4. The second-order valence-electron chi connectivity index (χ2n) is 4.02. The molecule has 88 valence electrons. The SMILES string of the molecule is Clc1cc(-c2ccccc2)oc1-c1ccccc1. The van der Waals surface area contributed by atoms with Crippen molar-refractivity contribution in [3.8, 4) is 22.6 Å². The minimum Gasteiger partial charge on any atom is -0.454 e. The van der Waals surface area contributed by atoms with Gasteiger partial charge in [-0.3, -0.25) is 0 Å². The maximum Gasteiger partial charge on any atom is 0.153 e. The molecule has 2 heteroatoms. The van der Waals surface area contributed by atoms with Crippen LogP contribution >= 0.6 is 11.6 Å². The molecule has 0 amide bonds. The first kappa shape index (κ1) is 11.1. The molecule has 2 aromatic carbocycles. The van der Waals surface area contributed by atoms with Gasteiger partial charge in [0, 0.05) is 17.2 Å². The first-order valence-electron chi connectivity index (χ1n) is 5.75. The lowest BCUT2D eigenvalue weighted by molar-refractivity contribution is 0.597. The van der Waals surface area contributed by atoms with Gasteiger partial charge in [0.15, 0.2) is 5.76 Å². The highest BCUT2D eigenvalue weighted by atomic mass is 35.5. The van der Waals surface area contributed by atoms with Crippen LogP contribution < -0.4 is 0 Å². The fraction of sp³-hybridized carbons (Fsp3) is 0. The molecule has 18 heavy (non-hydrogen) atoms. The van der Waals surface area contributed by atoms with Gasteiger partial charge in [0.1, 0.15) is 5.76 Å². The van der Waals surface area contributed by atoms with E-state index in [1.807, 2.05) is 66.7 Å². The molecule has 0 aliphatic heterocycles. The Kier molecular flexibility index (Phi) is 2.91. The molecule has 1 nitrogen and oxygen atoms in total. The number of halogens is 1. The summed E-state index contributed by atoms with van der Waals surface area (Å²) in [6.07, 6.45) is 0. The molecule has 0 aliphatic rings. The normalized spacial score (nSPS) is 10.5. The highest BCUT2D eigenvalue weighted by Crippen LogP contribution is 2.35. The Morgan fingerprint density at radius 2 is 1.28 bits per heavy atom. The lowest BCUT2D eigenvalue weighted by Crippen LogP contribution is -1.73. The molecule has 0 saturated heterocycles. The number of furan rings is 1. The van der Waals surface area contributed by atoms with Crippen molar-refractivity contribution >= 4 is 11.6 Å².